The van der Waals surface area contributed by atoms with Crippen molar-refractivity contribution in [2.24, 2.45) is 5.92 Å². The number of rotatable bonds is 6. The molecule has 0 radical (unpaired) electrons. The van der Waals surface area contributed by atoms with E-state index in [-0.39, 0.29) is 18.5 Å². The molecule has 0 saturated heterocycles. The summed E-state index contributed by atoms with van der Waals surface area (Å²) < 4.78 is 15.2. The predicted molar refractivity (Wildman–Crippen MR) is 82.7 cm³/mol. The average Bonchev–Trinajstić information content (AvgIpc) is 2.43. The summed E-state index contributed by atoms with van der Waals surface area (Å²) in [6.07, 6.45) is 0.596. The van der Waals surface area contributed by atoms with Crippen LogP contribution in [0.25, 0.3) is 0 Å². The molecule has 0 bridgehead atoms. The van der Waals surface area contributed by atoms with Crippen LogP contribution in [0.2, 0.25) is 0 Å². The summed E-state index contributed by atoms with van der Waals surface area (Å²) in [5, 5.41) is 0. The molecule has 122 valence electrons. The molecule has 1 atom stereocenters. The highest BCUT2D eigenvalue weighted by Crippen LogP contribution is 2.16. The Morgan fingerprint density at radius 3 is 2.23 bits per heavy atom. The standard InChI is InChI=1S/C17H24O5/c1-12(16(19)20-5)10-13-6-8-14(9-7-13)21-11-15(18)22-17(2,3)4/h6-9,12H,10-11H2,1-5H3. The molecule has 0 aromatic heterocycles. The Balaban J connectivity index is 2.48. The Kier molecular flexibility index (Phi) is 6.40. The van der Waals surface area contributed by atoms with Crippen molar-refractivity contribution in [3.05, 3.63) is 29.8 Å². The van der Waals surface area contributed by atoms with Gasteiger partial charge in [0.2, 0.25) is 0 Å². The SMILES string of the molecule is COC(=O)C(C)Cc1ccc(OCC(=O)OC(C)(C)C)cc1. The number of carbonyl (C=O) groups is 2. The zero-order valence-corrected chi connectivity index (χ0v) is 13.8. The van der Waals surface area contributed by atoms with Gasteiger partial charge in [0.15, 0.2) is 6.61 Å². The van der Waals surface area contributed by atoms with Crippen molar-refractivity contribution >= 4 is 11.9 Å². The molecule has 0 amide bonds. The van der Waals surface area contributed by atoms with E-state index in [0.29, 0.717) is 12.2 Å². The number of esters is 2. The van der Waals surface area contributed by atoms with Crippen molar-refractivity contribution in [3.8, 4) is 5.75 Å². The second-order valence-electron chi connectivity index (χ2n) is 6.15. The molecule has 0 saturated carbocycles. The number of methoxy groups -OCH3 is 1. The third kappa shape index (κ3) is 6.61. The van der Waals surface area contributed by atoms with Crippen LogP contribution in [-0.4, -0.2) is 31.3 Å². The molecule has 0 aliphatic carbocycles. The molecule has 1 rings (SSSR count). The molecule has 22 heavy (non-hydrogen) atoms. The van der Waals surface area contributed by atoms with Gasteiger partial charge in [-0.25, -0.2) is 4.79 Å². The molecular formula is C17H24O5. The molecule has 0 heterocycles. The van der Waals surface area contributed by atoms with Crippen molar-refractivity contribution in [1.82, 2.24) is 0 Å². The van der Waals surface area contributed by atoms with Gasteiger partial charge in [-0.05, 0) is 44.9 Å². The second kappa shape index (κ2) is 7.82. The highest BCUT2D eigenvalue weighted by molar-refractivity contribution is 5.72. The summed E-state index contributed by atoms with van der Waals surface area (Å²) in [5.41, 5.74) is 0.483. The Hall–Kier alpha value is -2.04. The monoisotopic (exact) mass is 308 g/mol. The molecule has 0 spiro atoms. The lowest BCUT2D eigenvalue weighted by Crippen LogP contribution is -2.27. The first kappa shape index (κ1) is 18.0. The molecule has 5 nitrogen and oxygen atoms in total. The van der Waals surface area contributed by atoms with Crippen molar-refractivity contribution in [2.45, 2.75) is 39.7 Å². The van der Waals surface area contributed by atoms with Gasteiger partial charge in [-0.3, -0.25) is 4.79 Å². The van der Waals surface area contributed by atoms with Gasteiger partial charge >= 0.3 is 11.9 Å². The zero-order valence-electron chi connectivity index (χ0n) is 13.8. The first-order chi connectivity index (χ1) is 10.2. The van der Waals surface area contributed by atoms with Crippen molar-refractivity contribution in [1.29, 1.82) is 0 Å². The molecule has 1 unspecified atom stereocenters. The molecule has 1 aromatic rings. The molecular weight excluding hydrogens is 284 g/mol. The van der Waals surface area contributed by atoms with E-state index < -0.39 is 11.6 Å². The summed E-state index contributed by atoms with van der Waals surface area (Å²) >= 11 is 0. The van der Waals surface area contributed by atoms with Crippen molar-refractivity contribution in [3.63, 3.8) is 0 Å². The maximum atomic E-state index is 11.6. The Morgan fingerprint density at radius 2 is 1.73 bits per heavy atom. The Labute approximate surface area is 131 Å². The van der Waals surface area contributed by atoms with E-state index in [9.17, 15) is 9.59 Å². The van der Waals surface area contributed by atoms with Crippen LogP contribution < -0.4 is 4.74 Å². The smallest absolute Gasteiger partial charge is 0.344 e. The van der Waals surface area contributed by atoms with Crippen LogP contribution >= 0.6 is 0 Å². The van der Waals surface area contributed by atoms with Crippen LogP contribution in [0, 0.1) is 5.92 Å². The lowest BCUT2D eigenvalue weighted by atomic mass is 10.0. The van der Waals surface area contributed by atoms with Crippen LogP contribution in [0.15, 0.2) is 24.3 Å². The third-order valence-electron chi connectivity index (χ3n) is 2.85. The van der Waals surface area contributed by atoms with Gasteiger partial charge in [0.05, 0.1) is 13.0 Å². The van der Waals surface area contributed by atoms with E-state index >= 15 is 0 Å². The highest BCUT2D eigenvalue weighted by atomic mass is 16.6. The lowest BCUT2D eigenvalue weighted by Gasteiger charge is -2.19. The van der Waals surface area contributed by atoms with Gasteiger partial charge < -0.3 is 14.2 Å². The van der Waals surface area contributed by atoms with E-state index in [1.54, 1.807) is 12.1 Å². The van der Waals surface area contributed by atoms with Gasteiger partial charge in [-0.2, -0.15) is 0 Å². The normalized spacial score (nSPS) is 12.4. The van der Waals surface area contributed by atoms with E-state index in [1.165, 1.54) is 7.11 Å². The first-order valence-electron chi connectivity index (χ1n) is 7.22. The minimum Gasteiger partial charge on any atom is -0.482 e. The summed E-state index contributed by atoms with van der Waals surface area (Å²) in [4.78, 5) is 22.9. The number of ether oxygens (including phenoxy) is 3. The summed E-state index contributed by atoms with van der Waals surface area (Å²) in [7, 11) is 1.38. The number of hydrogen-bond acceptors (Lipinski definition) is 5. The van der Waals surface area contributed by atoms with Gasteiger partial charge in [0.1, 0.15) is 11.4 Å². The minimum absolute atomic E-state index is 0.130. The summed E-state index contributed by atoms with van der Waals surface area (Å²) in [6.45, 7) is 7.11. The van der Waals surface area contributed by atoms with E-state index in [0.717, 1.165) is 5.56 Å². The van der Waals surface area contributed by atoms with Gasteiger partial charge in [-0.15, -0.1) is 0 Å². The maximum Gasteiger partial charge on any atom is 0.344 e. The Bertz CT molecular complexity index is 499. The molecule has 0 fully saturated rings. The average molecular weight is 308 g/mol. The summed E-state index contributed by atoms with van der Waals surface area (Å²) in [5.74, 6) is -0.250. The number of carbonyl (C=O) groups excluding carboxylic acids is 2. The first-order valence-corrected chi connectivity index (χ1v) is 7.22. The van der Waals surface area contributed by atoms with Gasteiger partial charge in [0.25, 0.3) is 0 Å². The fourth-order valence-electron chi connectivity index (χ4n) is 1.87. The number of benzene rings is 1. The second-order valence-corrected chi connectivity index (χ2v) is 6.15. The van der Waals surface area contributed by atoms with Crippen LogP contribution in [-0.2, 0) is 25.5 Å². The van der Waals surface area contributed by atoms with Gasteiger partial charge in [-0.1, -0.05) is 19.1 Å². The highest BCUT2D eigenvalue weighted by Gasteiger charge is 2.17. The largest absolute Gasteiger partial charge is 0.482 e. The molecule has 0 N–H and O–H groups in total. The molecule has 5 heteroatoms. The number of hydrogen-bond donors (Lipinski definition) is 0. The van der Waals surface area contributed by atoms with E-state index in [2.05, 4.69) is 0 Å². The quantitative estimate of drug-likeness (QED) is 0.756. The fraction of sp³-hybridized carbons (Fsp3) is 0.529. The van der Waals surface area contributed by atoms with Crippen LogP contribution in [0.4, 0.5) is 0 Å². The molecule has 1 aromatic carbocycles. The summed E-state index contributed by atoms with van der Waals surface area (Å²) in [6, 6.07) is 7.27. The van der Waals surface area contributed by atoms with E-state index in [1.807, 2.05) is 39.8 Å². The Morgan fingerprint density at radius 1 is 1.14 bits per heavy atom. The van der Waals surface area contributed by atoms with E-state index in [4.69, 9.17) is 14.2 Å². The molecule has 0 aliphatic rings. The lowest BCUT2D eigenvalue weighted by molar-refractivity contribution is -0.157. The minimum atomic E-state index is -0.520. The van der Waals surface area contributed by atoms with Gasteiger partial charge in [0, 0.05) is 0 Å². The topological polar surface area (TPSA) is 61.8 Å². The third-order valence-corrected chi connectivity index (χ3v) is 2.85. The van der Waals surface area contributed by atoms with Crippen LogP contribution in [0.5, 0.6) is 5.75 Å². The maximum absolute atomic E-state index is 11.6. The van der Waals surface area contributed by atoms with Crippen LogP contribution in [0.1, 0.15) is 33.3 Å². The van der Waals surface area contributed by atoms with Crippen molar-refractivity contribution in [2.75, 3.05) is 13.7 Å². The van der Waals surface area contributed by atoms with Crippen LogP contribution in [0.3, 0.4) is 0 Å². The predicted octanol–water partition coefficient (Wildman–Crippen LogP) is 2.76. The fourth-order valence-corrected chi connectivity index (χ4v) is 1.87. The zero-order chi connectivity index (χ0) is 16.8. The van der Waals surface area contributed by atoms with Crippen molar-refractivity contribution < 1.29 is 23.8 Å². The molecule has 0 aliphatic heterocycles.